The van der Waals surface area contributed by atoms with E-state index in [-0.39, 0.29) is 11.5 Å². The van der Waals surface area contributed by atoms with Crippen LogP contribution in [0.5, 0.6) is 0 Å². The number of benzene rings is 5. The second-order valence-corrected chi connectivity index (χ2v) is 12.0. The Morgan fingerprint density at radius 1 is 0.556 bits per heavy atom. The van der Waals surface area contributed by atoms with E-state index in [2.05, 4.69) is 123 Å². The summed E-state index contributed by atoms with van der Waals surface area (Å²) in [6.07, 6.45) is 0. The van der Waals surface area contributed by atoms with Gasteiger partial charge in [-0.1, -0.05) is 66.7 Å². The smallest absolute Gasteiger partial charge is 0.135 e. The number of rotatable bonds is 9. The Morgan fingerprint density at radius 3 is 1.27 bits per heavy atom. The highest BCUT2D eigenvalue weighted by Gasteiger charge is 2.25. The van der Waals surface area contributed by atoms with Crippen molar-refractivity contribution in [3.05, 3.63) is 159 Å². The van der Waals surface area contributed by atoms with Crippen LogP contribution in [0.1, 0.15) is 51.8 Å². The molecule has 5 heteroatoms. The highest BCUT2D eigenvalue weighted by molar-refractivity contribution is 5.72. The van der Waals surface area contributed by atoms with Gasteiger partial charge in [0.05, 0.1) is 5.56 Å². The number of aryl methyl sites for hydroxylation is 4. The van der Waals surface area contributed by atoms with Gasteiger partial charge in [0.15, 0.2) is 0 Å². The van der Waals surface area contributed by atoms with Gasteiger partial charge in [0, 0.05) is 48.5 Å². The van der Waals surface area contributed by atoms with Gasteiger partial charge >= 0.3 is 0 Å². The summed E-state index contributed by atoms with van der Waals surface area (Å²) < 4.78 is 30.4. The Balaban J connectivity index is 1.59. The molecule has 0 amide bonds. The van der Waals surface area contributed by atoms with Crippen molar-refractivity contribution in [2.45, 2.75) is 40.5 Å². The molecule has 0 aromatic heterocycles. The summed E-state index contributed by atoms with van der Waals surface area (Å²) in [5, 5.41) is 7.14. The molecule has 0 bridgehead atoms. The van der Waals surface area contributed by atoms with Crippen LogP contribution < -0.4 is 10.6 Å². The zero-order valence-electron chi connectivity index (χ0n) is 27.1. The number of nitrogens with zero attached hydrogens (tertiary/aromatic N) is 1. The third kappa shape index (κ3) is 6.78. The maximum atomic E-state index is 15.2. The molecule has 0 unspecified atom stereocenters. The van der Waals surface area contributed by atoms with Crippen LogP contribution in [0.2, 0.25) is 0 Å². The van der Waals surface area contributed by atoms with Crippen LogP contribution in [-0.2, 0) is 0 Å². The van der Waals surface area contributed by atoms with Crippen LogP contribution in [0.3, 0.4) is 0 Å². The number of nitrogens with one attached hydrogen (secondary N) is 2. The number of hydrogen-bond acceptors (Lipinski definition) is 3. The zero-order valence-corrected chi connectivity index (χ0v) is 27.1. The van der Waals surface area contributed by atoms with Crippen LogP contribution in [0, 0.1) is 39.3 Å². The normalized spacial score (nSPS) is 11.8. The van der Waals surface area contributed by atoms with Crippen LogP contribution >= 0.6 is 0 Å². The summed E-state index contributed by atoms with van der Waals surface area (Å²) in [6, 6.07) is 33.2. The number of hydrogen-bond donors (Lipinski definition) is 2. The molecule has 0 saturated heterocycles. The molecule has 0 fully saturated rings. The molecule has 3 nitrogen and oxygen atoms in total. The topological polar surface area (TPSA) is 27.3 Å². The van der Waals surface area contributed by atoms with Crippen LogP contribution in [0.15, 0.2) is 109 Å². The molecule has 0 heterocycles. The van der Waals surface area contributed by atoms with Crippen molar-refractivity contribution in [3.8, 4) is 0 Å². The monoisotopic (exact) mass is 601 g/mol. The van der Waals surface area contributed by atoms with E-state index in [0.717, 1.165) is 39.4 Å². The van der Waals surface area contributed by atoms with Gasteiger partial charge in [-0.3, -0.25) is 0 Å². The van der Waals surface area contributed by atoms with Gasteiger partial charge in [-0.15, -0.1) is 0 Å². The first-order valence-electron chi connectivity index (χ1n) is 15.2. The van der Waals surface area contributed by atoms with Crippen molar-refractivity contribution in [2.75, 3.05) is 24.7 Å². The van der Waals surface area contributed by atoms with Crippen molar-refractivity contribution < 1.29 is 8.78 Å². The van der Waals surface area contributed by atoms with E-state index in [0.29, 0.717) is 5.70 Å². The highest BCUT2D eigenvalue weighted by Crippen LogP contribution is 2.39. The predicted molar refractivity (Wildman–Crippen MR) is 186 cm³/mol. The lowest BCUT2D eigenvalue weighted by Crippen LogP contribution is -2.17. The summed E-state index contributed by atoms with van der Waals surface area (Å²) >= 11 is 0. The summed E-state index contributed by atoms with van der Waals surface area (Å²) in [6.45, 7) is 10.3. The third-order valence-electron chi connectivity index (χ3n) is 8.44. The molecule has 45 heavy (non-hydrogen) atoms. The van der Waals surface area contributed by atoms with E-state index in [9.17, 15) is 0 Å². The maximum Gasteiger partial charge on any atom is 0.135 e. The number of anilines is 4. The molecule has 0 aliphatic carbocycles. The maximum absolute atomic E-state index is 15.2. The van der Waals surface area contributed by atoms with Crippen molar-refractivity contribution in [1.29, 1.82) is 0 Å². The number of halogens is 2. The van der Waals surface area contributed by atoms with Gasteiger partial charge in [0.1, 0.15) is 11.6 Å². The first-order chi connectivity index (χ1) is 21.5. The average Bonchev–Trinajstić information content (AvgIpc) is 3.00. The minimum absolute atomic E-state index is 0.0216. The molecule has 0 aliphatic rings. The molecular weight excluding hydrogens is 560 g/mol. The quantitative estimate of drug-likeness (QED) is 0.176. The summed E-state index contributed by atoms with van der Waals surface area (Å²) in [4.78, 5) is 1.80. The standard InChI is InChI=1S/C40H41F2N3/c1-25-11-8-12-26(2)38(25)43-32-21-17-30(18-22-32)36(29(5)40(45(6)7)37-34(41)15-10-16-35(37)42)31-19-23-33(24-20-31)44-39-27(3)13-9-14-28(39)4/h8-24,36,43-44H,1-7H3/b40-29+. The fourth-order valence-electron chi connectivity index (χ4n) is 6.16. The Hall–Kier alpha value is -4.90. The molecule has 230 valence electrons. The van der Waals surface area contributed by atoms with E-state index < -0.39 is 11.6 Å². The zero-order chi connectivity index (χ0) is 32.2. The molecule has 2 N–H and O–H groups in total. The Bertz CT molecular complexity index is 1680. The van der Waals surface area contributed by atoms with Gasteiger partial charge < -0.3 is 15.5 Å². The van der Waals surface area contributed by atoms with Crippen molar-refractivity contribution in [2.24, 2.45) is 0 Å². The minimum atomic E-state index is -0.585. The fraction of sp³-hybridized carbons (Fsp3) is 0.200. The average molecular weight is 602 g/mol. The predicted octanol–water partition coefficient (Wildman–Crippen LogP) is 10.8. The molecule has 0 saturated carbocycles. The van der Waals surface area contributed by atoms with Crippen molar-refractivity contribution >= 4 is 28.4 Å². The molecule has 0 atom stereocenters. The Kier molecular flexibility index (Phi) is 9.38. The lowest BCUT2D eigenvalue weighted by molar-refractivity contribution is 0.537. The summed E-state index contributed by atoms with van der Waals surface area (Å²) in [5.74, 6) is -1.43. The lowest BCUT2D eigenvalue weighted by Gasteiger charge is -2.28. The lowest BCUT2D eigenvalue weighted by atomic mass is 9.83. The molecule has 0 aliphatic heterocycles. The van der Waals surface area contributed by atoms with Crippen LogP contribution in [0.4, 0.5) is 31.5 Å². The summed E-state index contributed by atoms with van der Waals surface area (Å²) in [5.41, 5.74) is 12.2. The highest BCUT2D eigenvalue weighted by atomic mass is 19.1. The molecule has 0 spiro atoms. The third-order valence-corrected chi connectivity index (χ3v) is 8.44. The Labute approximate surface area is 266 Å². The molecular formula is C40H41F2N3. The van der Waals surface area contributed by atoms with Gasteiger partial charge in [0.2, 0.25) is 0 Å². The molecule has 0 radical (unpaired) electrons. The van der Waals surface area contributed by atoms with Gasteiger partial charge in [0.25, 0.3) is 0 Å². The van der Waals surface area contributed by atoms with Crippen LogP contribution in [-0.4, -0.2) is 19.0 Å². The van der Waals surface area contributed by atoms with Gasteiger partial charge in [-0.25, -0.2) is 8.78 Å². The Morgan fingerprint density at radius 2 is 0.911 bits per heavy atom. The second-order valence-electron chi connectivity index (χ2n) is 12.0. The first kappa shape index (κ1) is 31.5. The van der Waals surface area contributed by atoms with Crippen LogP contribution in [0.25, 0.3) is 5.70 Å². The number of para-hydroxylation sites is 2. The van der Waals surface area contributed by atoms with Crippen molar-refractivity contribution in [3.63, 3.8) is 0 Å². The van der Waals surface area contributed by atoms with E-state index in [1.54, 1.807) is 4.90 Å². The van der Waals surface area contributed by atoms with E-state index >= 15 is 8.78 Å². The van der Waals surface area contributed by atoms with E-state index in [1.165, 1.54) is 40.5 Å². The SMILES string of the molecule is C/C(=C(/c1c(F)cccc1F)N(C)C)C(c1ccc(Nc2c(C)cccc2C)cc1)c1ccc(Nc2c(C)cccc2C)cc1. The molecule has 5 aromatic carbocycles. The van der Waals surface area contributed by atoms with E-state index in [1.807, 2.05) is 21.0 Å². The molecule has 5 rings (SSSR count). The largest absolute Gasteiger partial charge is 0.377 e. The fourth-order valence-corrected chi connectivity index (χ4v) is 6.16. The van der Waals surface area contributed by atoms with Crippen molar-refractivity contribution in [1.82, 2.24) is 4.90 Å². The minimum Gasteiger partial charge on any atom is -0.377 e. The first-order valence-corrected chi connectivity index (χ1v) is 15.2. The van der Waals surface area contributed by atoms with E-state index in [4.69, 9.17) is 0 Å². The second kappa shape index (κ2) is 13.4. The van der Waals surface area contributed by atoms with Gasteiger partial charge in [-0.2, -0.15) is 0 Å². The van der Waals surface area contributed by atoms with Gasteiger partial charge in [-0.05, 0) is 110 Å². The molecule has 5 aromatic rings. The number of allylic oxidation sites excluding steroid dienone is 1. The summed E-state index contributed by atoms with van der Waals surface area (Å²) in [7, 11) is 3.66.